The number of halogens is 3. The second-order valence-corrected chi connectivity index (χ2v) is 7.08. The molecule has 3 rings (SSSR count). The summed E-state index contributed by atoms with van der Waals surface area (Å²) in [4.78, 5) is 15.8. The van der Waals surface area contributed by atoms with Crippen LogP contribution in [0.2, 0.25) is 0 Å². The van der Waals surface area contributed by atoms with Crippen molar-refractivity contribution in [2.45, 2.75) is 25.3 Å². The molecule has 1 fully saturated rings. The molecule has 1 unspecified atom stereocenters. The number of aryl methyl sites for hydroxylation is 1. The number of carbonyl (C=O) groups is 1. The van der Waals surface area contributed by atoms with Gasteiger partial charge in [0.2, 0.25) is 0 Å². The van der Waals surface area contributed by atoms with E-state index >= 15 is 0 Å². The number of hydrogen-bond acceptors (Lipinski definition) is 3. The molecule has 0 aliphatic carbocycles. The minimum Gasteiger partial charge on any atom is -0.453 e. The Morgan fingerprint density at radius 1 is 0.966 bits per heavy atom. The molecule has 2 aromatic carbocycles. The molecule has 7 heteroatoms. The summed E-state index contributed by atoms with van der Waals surface area (Å²) in [5, 5.41) is 0. The van der Waals surface area contributed by atoms with Gasteiger partial charge in [-0.25, -0.2) is 13.6 Å². The average molecular weight is 425 g/mol. The Balaban J connectivity index is 0.00000300. The monoisotopic (exact) mass is 424 g/mol. The predicted octanol–water partition coefficient (Wildman–Crippen LogP) is 4.83. The van der Waals surface area contributed by atoms with E-state index in [0.29, 0.717) is 13.1 Å². The molecule has 1 atom stereocenters. The van der Waals surface area contributed by atoms with Crippen LogP contribution in [0.4, 0.5) is 13.6 Å². The van der Waals surface area contributed by atoms with Gasteiger partial charge in [0.15, 0.2) is 0 Å². The standard InChI is InChI=1S/C22H26F2N2O2.ClH/c1-28-22(27)26-15-13-25(14-16-26)21(18-7-11-20(24)12-8-18)4-2-3-17-5-9-19(23)10-6-17;/h5-12,21H,2-4,13-16H2,1H3;1H. The van der Waals surface area contributed by atoms with E-state index in [9.17, 15) is 13.6 Å². The molecular weight excluding hydrogens is 398 g/mol. The van der Waals surface area contributed by atoms with Gasteiger partial charge in [-0.2, -0.15) is 0 Å². The molecule has 0 bridgehead atoms. The van der Waals surface area contributed by atoms with Crippen LogP contribution in [0.25, 0.3) is 0 Å². The SMILES string of the molecule is COC(=O)N1CCN(C(CCCc2ccc(F)cc2)c2ccc(F)cc2)CC1.Cl. The van der Waals surface area contributed by atoms with Crippen molar-refractivity contribution in [2.75, 3.05) is 33.3 Å². The number of benzene rings is 2. The quantitative estimate of drug-likeness (QED) is 0.665. The van der Waals surface area contributed by atoms with Gasteiger partial charge in [0.05, 0.1) is 7.11 Å². The van der Waals surface area contributed by atoms with E-state index in [1.807, 2.05) is 24.3 Å². The number of ether oxygens (including phenoxy) is 1. The van der Waals surface area contributed by atoms with E-state index in [-0.39, 0.29) is 36.2 Å². The van der Waals surface area contributed by atoms with Crippen LogP contribution >= 0.6 is 12.4 Å². The van der Waals surface area contributed by atoms with Gasteiger partial charge in [0, 0.05) is 32.2 Å². The molecule has 0 N–H and O–H groups in total. The van der Waals surface area contributed by atoms with Crippen LogP contribution in [0.1, 0.15) is 30.0 Å². The van der Waals surface area contributed by atoms with Crippen LogP contribution in [-0.4, -0.2) is 49.2 Å². The summed E-state index contributed by atoms with van der Waals surface area (Å²) >= 11 is 0. The zero-order valence-electron chi connectivity index (χ0n) is 16.5. The molecule has 0 spiro atoms. The molecule has 158 valence electrons. The topological polar surface area (TPSA) is 32.8 Å². The number of nitrogens with zero attached hydrogens (tertiary/aromatic N) is 2. The van der Waals surface area contributed by atoms with Gasteiger partial charge in [-0.15, -0.1) is 12.4 Å². The number of piperazine rings is 1. The highest BCUT2D eigenvalue weighted by Crippen LogP contribution is 2.28. The van der Waals surface area contributed by atoms with E-state index in [1.165, 1.54) is 31.4 Å². The van der Waals surface area contributed by atoms with Gasteiger partial charge in [-0.1, -0.05) is 24.3 Å². The summed E-state index contributed by atoms with van der Waals surface area (Å²) in [6.45, 7) is 2.71. The molecule has 0 radical (unpaired) electrons. The smallest absolute Gasteiger partial charge is 0.409 e. The molecule has 4 nitrogen and oxygen atoms in total. The largest absolute Gasteiger partial charge is 0.453 e. The van der Waals surface area contributed by atoms with Crippen LogP contribution in [0.5, 0.6) is 0 Å². The van der Waals surface area contributed by atoms with Crippen molar-refractivity contribution in [3.05, 3.63) is 71.3 Å². The predicted molar refractivity (Wildman–Crippen MR) is 111 cm³/mol. The lowest BCUT2D eigenvalue weighted by molar-refractivity contribution is 0.0719. The number of carbonyl (C=O) groups excluding carboxylic acids is 1. The minimum atomic E-state index is -0.297. The normalized spacial score (nSPS) is 15.5. The first-order valence-electron chi connectivity index (χ1n) is 9.63. The highest BCUT2D eigenvalue weighted by atomic mass is 35.5. The van der Waals surface area contributed by atoms with E-state index in [4.69, 9.17) is 4.74 Å². The molecule has 0 saturated carbocycles. The second-order valence-electron chi connectivity index (χ2n) is 7.08. The van der Waals surface area contributed by atoms with Gasteiger partial charge in [0.25, 0.3) is 0 Å². The first-order valence-corrected chi connectivity index (χ1v) is 9.63. The maximum absolute atomic E-state index is 13.4. The molecule has 1 heterocycles. The van der Waals surface area contributed by atoms with Crippen LogP contribution in [0.3, 0.4) is 0 Å². The average Bonchev–Trinajstić information content (AvgIpc) is 2.73. The Kier molecular flexibility index (Phi) is 8.86. The lowest BCUT2D eigenvalue weighted by atomic mass is 9.97. The fourth-order valence-electron chi connectivity index (χ4n) is 3.74. The summed E-state index contributed by atoms with van der Waals surface area (Å²) in [7, 11) is 1.39. The molecule has 1 amide bonds. The number of methoxy groups -OCH3 is 1. The lowest BCUT2D eigenvalue weighted by Gasteiger charge is -2.39. The molecule has 1 aliphatic heterocycles. The fraction of sp³-hybridized carbons (Fsp3) is 0.409. The Hall–Kier alpha value is -2.18. The van der Waals surface area contributed by atoms with Gasteiger partial charge >= 0.3 is 6.09 Å². The van der Waals surface area contributed by atoms with Crippen molar-refractivity contribution >= 4 is 18.5 Å². The van der Waals surface area contributed by atoms with Crippen molar-refractivity contribution in [3.63, 3.8) is 0 Å². The number of hydrogen-bond donors (Lipinski definition) is 0. The third-order valence-electron chi connectivity index (χ3n) is 5.30. The van der Waals surface area contributed by atoms with E-state index < -0.39 is 0 Å². The van der Waals surface area contributed by atoms with Gasteiger partial charge in [-0.05, 0) is 54.7 Å². The van der Waals surface area contributed by atoms with Crippen LogP contribution in [0, 0.1) is 11.6 Å². The highest BCUT2D eigenvalue weighted by Gasteiger charge is 2.27. The van der Waals surface area contributed by atoms with Crippen molar-refractivity contribution < 1.29 is 18.3 Å². The molecule has 29 heavy (non-hydrogen) atoms. The fourth-order valence-corrected chi connectivity index (χ4v) is 3.74. The van der Waals surface area contributed by atoms with Crippen molar-refractivity contribution in [1.29, 1.82) is 0 Å². The minimum absolute atomic E-state index is 0. The Labute approximate surface area is 176 Å². The maximum Gasteiger partial charge on any atom is 0.409 e. The summed E-state index contributed by atoms with van der Waals surface area (Å²) < 4.78 is 31.3. The molecule has 0 aromatic heterocycles. The number of amides is 1. The summed E-state index contributed by atoms with van der Waals surface area (Å²) in [6, 6.07) is 13.4. The van der Waals surface area contributed by atoms with Crippen LogP contribution in [0.15, 0.2) is 48.5 Å². The van der Waals surface area contributed by atoms with Crippen LogP contribution in [-0.2, 0) is 11.2 Å². The first kappa shape index (κ1) is 23.1. The Bertz CT molecular complexity index is 763. The summed E-state index contributed by atoms with van der Waals surface area (Å²) in [5.41, 5.74) is 2.18. The zero-order valence-corrected chi connectivity index (χ0v) is 17.3. The summed E-state index contributed by atoms with van der Waals surface area (Å²) in [5.74, 6) is -0.472. The van der Waals surface area contributed by atoms with Gasteiger partial charge < -0.3 is 9.64 Å². The third-order valence-corrected chi connectivity index (χ3v) is 5.30. The molecule has 1 saturated heterocycles. The third kappa shape index (κ3) is 6.41. The second kappa shape index (κ2) is 11.1. The first-order chi connectivity index (χ1) is 13.6. The Morgan fingerprint density at radius 3 is 2.07 bits per heavy atom. The van der Waals surface area contributed by atoms with Crippen molar-refractivity contribution in [2.24, 2.45) is 0 Å². The summed E-state index contributed by atoms with van der Waals surface area (Å²) in [6.07, 6.45) is 2.40. The highest BCUT2D eigenvalue weighted by molar-refractivity contribution is 5.85. The van der Waals surface area contributed by atoms with Crippen molar-refractivity contribution in [1.82, 2.24) is 9.80 Å². The number of rotatable bonds is 6. The van der Waals surface area contributed by atoms with E-state index in [2.05, 4.69) is 4.90 Å². The Morgan fingerprint density at radius 2 is 1.52 bits per heavy atom. The maximum atomic E-state index is 13.4. The molecule has 1 aliphatic rings. The van der Waals surface area contributed by atoms with E-state index in [1.54, 1.807) is 4.90 Å². The zero-order chi connectivity index (χ0) is 19.9. The van der Waals surface area contributed by atoms with Gasteiger partial charge in [-0.3, -0.25) is 4.90 Å². The molecule has 2 aromatic rings. The molecular formula is C22H27ClF2N2O2. The van der Waals surface area contributed by atoms with E-state index in [0.717, 1.165) is 43.5 Å². The van der Waals surface area contributed by atoms with Gasteiger partial charge in [0.1, 0.15) is 11.6 Å². The van der Waals surface area contributed by atoms with Crippen LogP contribution < -0.4 is 0 Å². The van der Waals surface area contributed by atoms with Crippen molar-refractivity contribution in [3.8, 4) is 0 Å². The lowest BCUT2D eigenvalue weighted by Crippen LogP contribution is -2.49.